The number of nitrogens with one attached hydrogen (secondary N) is 3. The van der Waals surface area contributed by atoms with Gasteiger partial charge in [0.1, 0.15) is 18.0 Å². The highest BCUT2D eigenvalue weighted by Crippen LogP contribution is 2.31. The second-order valence-corrected chi connectivity index (χ2v) is 8.94. The smallest absolute Gasteiger partial charge is 0.319 e. The van der Waals surface area contributed by atoms with E-state index in [1.807, 2.05) is 37.3 Å². The maximum Gasteiger partial charge on any atom is 0.319 e. The number of aliphatic imine (C=N–C) groups is 1. The number of urea groups is 1. The highest BCUT2D eigenvalue weighted by atomic mass is 19.1. The zero-order valence-electron chi connectivity index (χ0n) is 23.1. The van der Waals surface area contributed by atoms with Crippen molar-refractivity contribution in [3.63, 3.8) is 0 Å². The zero-order chi connectivity index (χ0) is 27.7. The number of anilines is 2. The Bertz CT molecular complexity index is 984. The topological polar surface area (TPSA) is 84.0 Å². The van der Waals surface area contributed by atoms with Gasteiger partial charge in [0.25, 0.3) is 0 Å². The van der Waals surface area contributed by atoms with Gasteiger partial charge in [0.2, 0.25) is 0 Å². The van der Waals surface area contributed by atoms with Gasteiger partial charge < -0.3 is 25.4 Å². The molecule has 0 radical (unpaired) electrons. The Morgan fingerprint density at radius 2 is 1.68 bits per heavy atom. The first-order valence-corrected chi connectivity index (χ1v) is 12.7. The SMILES string of the molecule is C=C(Nc1ccc(NC(=O)NCCC(C)(C)F)cc1)c1ccc(OCCOC)cc1N=CC.CCCC. The number of unbranched alkanes of at least 4 members (excludes halogenated alkanes) is 1. The monoisotopic (exact) mass is 514 g/mol. The summed E-state index contributed by atoms with van der Waals surface area (Å²) < 4.78 is 24.2. The fourth-order valence-corrected chi connectivity index (χ4v) is 2.87. The number of hydrogen-bond acceptors (Lipinski definition) is 5. The molecule has 8 heteroatoms. The van der Waals surface area contributed by atoms with Crippen LogP contribution in [-0.4, -0.2) is 44.8 Å². The van der Waals surface area contributed by atoms with Crippen LogP contribution in [0, 0.1) is 0 Å². The van der Waals surface area contributed by atoms with Gasteiger partial charge in [-0.2, -0.15) is 0 Å². The van der Waals surface area contributed by atoms with Crippen molar-refractivity contribution in [1.82, 2.24) is 5.32 Å². The largest absolute Gasteiger partial charge is 0.491 e. The van der Waals surface area contributed by atoms with Gasteiger partial charge in [0.05, 0.1) is 12.3 Å². The summed E-state index contributed by atoms with van der Waals surface area (Å²) in [5.41, 5.74) is 2.35. The second-order valence-electron chi connectivity index (χ2n) is 8.94. The molecule has 0 bridgehead atoms. The summed E-state index contributed by atoms with van der Waals surface area (Å²) in [6.07, 6.45) is 4.60. The molecule has 2 aromatic carbocycles. The van der Waals surface area contributed by atoms with Crippen LogP contribution in [0.25, 0.3) is 5.70 Å². The van der Waals surface area contributed by atoms with Crippen molar-refractivity contribution < 1.29 is 18.7 Å². The van der Waals surface area contributed by atoms with Crippen molar-refractivity contribution in [3.05, 3.63) is 54.6 Å². The van der Waals surface area contributed by atoms with Crippen LogP contribution in [0.1, 0.15) is 59.4 Å². The maximum absolute atomic E-state index is 13.5. The number of methoxy groups -OCH3 is 1. The summed E-state index contributed by atoms with van der Waals surface area (Å²) in [6, 6.07) is 12.4. The predicted octanol–water partition coefficient (Wildman–Crippen LogP) is 7.58. The molecule has 0 spiro atoms. The van der Waals surface area contributed by atoms with Gasteiger partial charge in [0, 0.05) is 48.6 Å². The van der Waals surface area contributed by atoms with Crippen molar-refractivity contribution in [2.45, 2.75) is 59.5 Å². The lowest BCUT2D eigenvalue weighted by Crippen LogP contribution is -2.32. The van der Waals surface area contributed by atoms with Crippen LogP contribution in [0.3, 0.4) is 0 Å². The predicted molar refractivity (Wildman–Crippen MR) is 154 cm³/mol. The molecule has 0 aliphatic carbocycles. The lowest BCUT2D eigenvalue weighted by Gasteiger charge is -2.15. The van der Waals surface area contributed by atoms with Crippen molar-refractivity contribution in [1.29, 1.82) is 0 Å². The van der Waals surface area contributed by atoms with E-state index in [1.54, 1.807) is 25.5 Å². The average Bonchev–Trinajstić information content (AvgIpc) is 2.85. The first-order valence-electron chi connectivity index (χ1n) is 12.7. The molecule has 0 aliphatic heterocycles. The second kappa shape index (κ2) is 17.1. The molecule has 7 nitrogen and oxygen atoms in total. The van der Waals surface area contributed by atoms with E-state index in [0.717, 1.165) is 16.9 Å². The van der Waals surface area contributed by atoms with Gasteiger partial charge in [-0.25, -0.2) is 9.18 Å². The van der Waals surface area contributed by atoms with Gasteiger partial charge in [-0.15, -0.1) is 0 Å². The molecule has 0 saturated carbocycles. The van der Waals surface area contributed by atoms with Crippen LogP contribution in [0.2, 0.25) is 0 Å². The fraction of sp³-hybridized carbons (Fsp3) is 0.448. The molecule has 0 unspecified atom stereocenters. The third kappa shape index (κ3) is 13.5. The molecule has 0 saturated heterocycles. The maximum atomic E-state index is 13.5. The normalized spacial score (nSPS) is 10.9. The molecule has 204 valence electrons. The quantitative estimate of drug-likeness (QED) is 0.190. The Labute approximate surface area is 221 Å². The molecule has 0 aromatic heterocycles. The van der Waals surface area contributed by atoms with Crippen LogP contribution < -0.4 is 20.7 Å². The number of ether oxygens (including phenoxy) is 2. The van der Waals surface area contributed by atoms with Gasteiger partial charge in [-0.05, 0) is 63.6 Å². The van der Waals surface area contributed by atoms with Gasteiger partial charge in [0.15, 0.2) is 0 Å². The summed E-state index contributed by atoms with van der Waals surface area (Å²) in [5, 5.41) is 8.63. The molecule has 0 aliphatic rings. The van der Waals surface area contributed by atoms with Crippen LogP contribution in [0.15, 0.2) is 54.0 Å². The zero-order valence-corrected chi connectivity index (χ0v) is 23.1. The number of carbonyl (C=O) groups is 1. The summed E-state index contributed by atoms with van der Waals surface area (Å²) in [6.45, 7) is 14.5. The number of alkyl halides is 1. The number of amides is 2. The fourth-order valence-electron chi connectivity index (χ4n) is 2.87. The van der Waals surface area contributed by atoms with Crippen LogP contribution in [-0.2, 0) is 4.74 Å². The number of rotatable bonds is 13. The summed E-state index contributed by atoms with van der Waals surface area (Å²) in [5.74, 6) is 0.702. The first kappa shape index (κ1) is 31.6. The lowest BCUT2D eigenvalue weighted by atomic mass is 10.1. The number of benzene rings is 2. The van der Waals surface area contributed by atoms with Gasteiger partial charge in [-0.3, -0.25) is 4.99 Å². The minimum absolute atomic E-state index is 0.246. The minimum Gasteiger partial charge on any atom is -0.491 e. The van der Waals surface area contributed by atoms with E-state index in [1.165, 1.54) is 26.7 Å². The van der Waals surface area contributed by atoms with Gasteiger partial charge in [-0.1, -0.05) is 33.3 Å². The number of hydrogen-bond donors (Lipinski definition) is 3. The minimum atomic E-state index is -1.32. The first-order chi connectivity index (χ1) is 17.6. The highest BCUT2D eigenvalue weighted by molar-refractivity contribution is 5.90. The van der Waals surface area contributed by atoms with Crippen LogP contribution in [0.4, 0.5) is 26.2 Å². The molecule has 37 heavy (non-hydrogen) atoms. The van der Waals surface area contributed by atoms with E-state index < -0.39 is 5.67 Å². The molecule has 2 rings (SSSR count). The van der Waals surface area contributed by atoms with Crippen molar-refractivity contribution >= 4 is 35.0 Å². The number of carbonyl (C=O) groups excluding carboxylic acids is 1. The third-order valence-electron chi connectivity index (χ3n) is 5.06. The van der Waals surface area contributed by atoms with Crippen LogP contribution in [0.5, 0.6) is 5.75 Å². The Kier molecular flexibility index (Phi) is 14.7. The van der Waals surface area contributed by atoms with Crippen LogP contribution >= 0.6 is 0 Å². The van der Waals surface area contributed by atoms with E-state index in [2.05, 4.69) is 41.4 Å². The molecule has 2 amide bonds. The van der Waals surface area contributed by atoms with E-state index in [9.17, 15) is 9.18 Å². The van der Waals surface area contributed by atoms with Gasteiger partial charge >= 0.3 is 6.03 Å². The van der Waals surface area contributed by atoms with E-state index in [0.29, 0.717) is 30.3 Å². The Hall–Kier alpha value is -3.39. The van der Waals surface area contributed by atoms with Crippen molar-refractivity contribution in [3.8, 4) is 5.75 Å². The summed E-state index contributed by atoms with van der Waals surface area (Å²) >= 11 is 0. The average molecular weight is 515 g/mol. The Balaban J connectivity index is 0.00000159. The molecular weight excluding hydrogens is 471 g/mol. The molecular formula is C29H43FN4O3. The molecule has 0 atom stereocenters. The summed E-state index contributed by atoms with van der Waals surface area (Å²) in [7, 11) is 1.63. The molecule has 0 fully saturated rings. The molecule has 2 aromatic rings. The highest BCUT2D eigenvalue weighted by Gasteiger charge is 2.15. The standard InChI is InChI=1S/C25H33FN4O3.C4H10/c1-6-27-23-17-21(33-16-15-32-5)11-12-22(23)18(2)29-19-7-9-20(10-8-19)30-24(31)28-14-13-25(3,4)26;1-3-4-2/h6-12,17,29H,2,13-16H2,1,3-5H3,(H2,28,30,31);3-4H2,1-2H3. The van der Waals surface area contributed by atoms with Crippen molar-refractivity contribution in [2.75, 3.05) is 37.5 Å². The lowest BCUT2D eigenvalue weighted by molar-refractivity contribution is 0.146. The number of nitrogens with zero attached hydrogens (tertiary/aromatic N) is 1. The van der Waals surface area contributed by atoms with E-state index >= 15 is 0 Å². The molecule has 3 N–H and O–H groups in total. The Morgan fingerprint density at radius 1 is 1.05 bits per heavy atom. The van der Waals surface area contributed by atoms with Crippen molar-refractivity contribution in [2.24, 2.45) is 4.99 Å². The third-order valence-corrected chi connectivity index (χ3v) is 5.06. The number of halogens is 1. The molecule has 0 heterocycles. The Morgan fingerprint density at radius 3 is 2.22 bits per heavy atom. The summed E-state index contributed by atoms with van der Waals surface area (Å²) in [4.78, 5) is 16.4. The van der Waals surface area contributed by atoms with E-state index in [4.69, 9.17) is 9.47 Å². The van der Waals surface area contributed by atoms with E-state index in [-0.39, 0.29) is 19.0 Å².